The molecule has 100 valence electrons. The third kappa shape index (κ3) is 2.34. The Morgan fingerprint density at radius 3 is 2.85 bits per heavy atom. The lowest BCUT2D eigenvalue weighted by atomic mass is 10.0. The van der Waals surface area contributed by atoms with Crippen LogP contribution in [0.5, 0.6) is 5.06 Å². The van der Waals surface area contributed by atoms with Gasteiger partial charge in [-0.25, -0.2) is 0 Å². The molecule has 0 atom stereocenters. The van der Waals surface area contributed by atoms with Crippen molar-refractivity contribution in [3.05, 3.63) is 58.3 Å². The number of carbonyl (C=O) groups is 1. The van der Waals surface area contributed by atoms with Crippen LogP contribution in [0, 0.1) is 0 Å². The molecule has 0 aliphatic carbocycles. The first-order chi connectivity index (χ1) is 9.66. The van der Waals surface area contributed by atoms with Crippen molar-refractivity contribution in [1.82, 2.24) is 4.98 Å². The maximum absolute atomic E-state index is 12.4. The second kappa shape index (κ2) is 5.34. The van der Waals surface area contributed by atoms with Crippen LogP contribution in [0.3, 0.4) is 0 Å². The zero-order valence-corrected chi connectivity index (χ0v) is 12.7. The van der Waals surface area contributed by atoms with Gasteiger partial charge < -0.3 is 5.11 Å². The van der Waals surface area contributed by atoms with E-state index in [1.807, 2.05) is 30.3 Å². The van der Waals surface area contributed by atoms with E-state index >= 15 is 0 Å². The first kappa shape index (κ1) is 13.3. The van der Waals surface area contributed by atoms with Gasteiger partial charge in [0.15, 0.2) is 10.8 Å². The molecule has 2 heterocycles. The quantitative estimate of drug-likeness (QED) is 0.722. The summed E-state index contributed by atoms with van der Waals surface area (Å²) in [5.74, 6) is -0.126. The average Bonchev–Trinajstić information content (AvgIpc) is 2.77. The van der Waals surface area contributed by atoms with Crippen LogP contribution in [0.15, 0.2) is 47.1 Å². The van der Waals surface area contributed by atoms with Gasteiger partial charge in [-0.3, -0.25) is 9.78 Å². The topological polar surface area (TPSA) is 50.2 Å². The number of aromatic nitrogens is 1. The molecule has 2 aromatic heterocycles. The molecule has 0 fully saturated rings. The van der Waals surface area contributed by atoms with Crippen LogP contribution in [0.2, 0.25) is 0 Å². The average molecular weight is 348 g/mol. The molecule has 0 aliphatic rings. The third-order valence-corrected chi connectivity index (χ3v) is 4.71. The molecule has 5 heteroatoms. The fourth-order valence-corrected chi connectivity index (χ4v) is 3.45. The number of hydrogen-bond acceptors (Lipinski definition) is 4. The predicted octanol–water partition coefficient (Wildman–Crippen LogP) is 4.19. The summed E-state index contributed by atoms with van der Waals surface area (Å²) >= 11 is 4.61. The minimum atomic E-state index is -0.126. The van der Waals surface area contributed by atoms with Crippen molar-refractivity contribution in [1.29, 1.82) is 0 Å². The summed E-state index contributed by atoms with van der Waals surface area (Å²) in [6.45, 7) is 0. The number of thiophene rings is 1. The van der Waals surface area contributed by atoms with Gasteiger partial charge in [-0.15, -0.1) is 0 Å². The van der Waals surface area contributed by atoms with Crippen LogP contribution in [-0.2, 0) is 6.42 Å². The number of carbonyl (C=O) groups excluding carboxylic acids is 1. The van der Waals surface area contributed by atoms with Gasteiger partial charge in [0.05, 0.1) is 17.7 Å². The highest BCUT2D eigenvalue weighted by Crippen LogP contribution is 2.37. The number of pyridine rings is 1. The van der Waals surface area contributed by atoms with Crippen molar-refractivity contribution in [2.24, 2.45) is 0 Å². The van der Waals surface area contributed by atoms with E-state index in [4.69, 9.17) is 0 Å². The van der Waals surface area contributed by atoms with Gasteiger partial charge in [0.2, 0.25) is 0 Å². The van der Waals surface area contributed by atoms with Crippen LogP contribution < -0.4 is 0 Å². The van der Waals surface area contributed by atoms with Crippen LogP contribution in [0.25, 0.3) is 10.1 Å². The minimum Gasteiger partial charge on any atom is -0.499 e. The molecule has 0 bridgehead atoms. The largest absolute Gasteiger partial charge is 0.499 e. The molecule has 1 aromatic carbocycles. The fraction of sp³-hybridized carbons (Fsp3) is 0.0667. The Balaban J connectivity index is 2.01. The number of Topliss-reactive ketones (excluding diaryl/α,β-unsaturated/α-hetero) is 1. The number of nitrogens with zero attached hydrogens (tertiary/aromatic N) is 1. The highest BCUT2D eigenvalue weighted by Gasteiger charge is 2.19. The second-order valence-electron chi connectivity index (χ2n) is 4.31. The molecule has 3 rings (SSSR count). The van der Waals surface area contributed by atoms with Gasteiger partial charge in [0.25, 0.3) is 0 Å². The molecule has 3 nitrogen and oxygen atoms in total. The monoisotopic (exact) mass is 347 g/mol. The van der Waals surface area contributed by atoms with E-state index in [1.165, 1.54) is 11.3 Å². The van der Waals surface area contributed by atoms with E-state index in [1.54, 1.807) is 12.3 Å². The summed E-state index contributed by atoms with van der Waals surface area (Å²) in [4.78, 5) is 16.6. The predicted molar refractivity (Wildman–Crippen MR) is 83.5 cm³/mol. The Kier molecular flexibility index (Phi) is 3.54. The number of halogens is 1. The summed E-state index contributed by atoms with van der Waals surface area (Å²) in [5.41, 5.74) is 1.07. The van der Waals surface area contributed by atoms with Gasteiger partial charge in [-0.05, 0) is 34.1 Å². The molecular weight excluding hydrogens is 338 g/mol. The van der Waals surface area contributed by atoms with Crippen molar-refractivity contribution in [3.63, 3.8) is 0 Å². The van der Waals surface area contributed by atoms with Gasteiger partial charge in [-0.1, -0.05) is 29.5 Å². The van der Waals surface area contributed by atoms with E-state index in [0.29, 0.717) is 11.3 Å². The lowest BCUT2D eigenvalue weighted by Crippen LogP contribution is -2.05. The van der Waals surface area contributed by atoms with Crippen molar-refractivity contribution < 1.29 is 9.90 Å². The molecular formula is C15H10BrNO2S. The Hall–Kier alpha value is -1.72. The van der Waals surface area contributed by atoms with E-state index < -0.39 is 0 Å². The lowest BCUT2D eigenvalue weighted by molar-refractivity contribution is 0.0991. The summed E-state index contributed by atoms with van der Waals surface area (Å²) in [6, 6.07) is 11.2. The maximum atomic E-state index is 12.4. The van der Waals surface area contributed by atoms with Crippen molar-refractivity contribution in [2.45, 2.75) is 6.42 Å². The van der Waals surface area contributed by atoms with E-state index in [-0.39, 0.29) is 17.3 Å². The summed E-state index contributed by atoms with van der Waals surface area (Å²) < 4.78 is 1.71. The molecule has 0 saturated carbocycles. The summed E-state index contributed by atoms with van der Waals surface area (Å²) in [5, 5.41) is 10.9. The van der Waals surface area contributed by atoms with Crippen LogP contribution >= 0.6 is 27.3 Å². The van der Waals surface area contributed by atoms with Gasteiger partial charge in [-0.2, -0.15) is 0 Å². The molecule has 0 aliphatic heterocycles. The van der Waals surface area contributed by atoms with Crippen LogP contribution in [-0.4, -0.2) is 15.9 Å². The first-order valence-corrected chi connectivity index (χ1v) is 7.61. The maximum Gasteiger partial charge on any atom is 0.183 e. The van der Waals surface area contributed by atoms with Gasteiger partial charge in [0, 0.05) is 20.8 Å². The van der Waals surface area contributed by atoms with Crippen LogP contribution in [0.4, 0.5) is 0 Å². The van der Waals surface area contributed by atoms with E-state index in [2.05, 4.69) is 20.9 Å². The molecule has 0 spiro atoms. The lowest BCUT2D eigenvalue weighted by Gasteiger charge is -2.03. The Morgan fingerprint density at radius 2 is 2.05 bits per heavy atom. The molecule has 0 radical (unpaired) electrons. The number of hydrogen-bond donors (Lipinski definition) is 1. The standard InChI is InChI=1S/C15H10BrNO2S/c16-10-5-3-7-17-11(10)8-12(18)14-9-4-1-2-6-13(9)20-15(14)19/h1-7,19H,8H2. The number of benzene rings is 1. The molecule has 0 amide bonds. The summed E-state index contributed by atoms with van der Waals surface area (Å²) in [6.07, 6.45) is 1.81. The van der Waals surface area contributed by atoms with E-state index in [9.17, 15) is 9.90 Å². The third-order valence-electron chi connectivity index (χ3n) is 3.02. The number of fused-ring (bicyclic) bond motifs is 1. The zero-order chi connectivity index (χ0) is 14.1. The smallest absolute Gasteiger partial charge is 0.183 e. The Labute approximate surface area is 128 Å². The highest BCUT2D eigenvalue weighted by molar-refractivity contribution is 9.10. The van der Waals surface area contributed by atoms with Gasteiger partial charge >= 0.3 is 0 Å². The Morgan fingerprint density at radius 1 is 1.25 bits per heavy atom. The first-order valence-electron chi connectivity index (χ1n) is 6.00. The van der Waals surface area contributed by atoms with E-state index in [0.717, 1.165) is 14.6 Å². The van der Waals surface area contributed by atoms with Crippen LogP contribution in [0.1, 0.15) is 16.1 Å². The molecule has 0 saturated heterocycles. The van der Waals surface area contributed by atoms with Crippen molar-refractivity contribution >= 4 is 43.1 Å². The molecule has 1 N–H and O–H groups in total. The highest BCUT2D eigenvalue weighted by atomic mass is 79.9. The zero-order valence-electron chi connectivity index (χ0n) is 10.3. The molecule has 0 unspecified atom stereocenters. The normalized spacial score (nSPS) is 10.8. The second-order valence-corrected chi connectivity index (χ2v) is 6.20. The van der Waals surface area contributed by atoms with Gasteiger partial charge in [0.1, 0.15) is 0 Å². The fourth-order valence-electron chi connectivity index (χ4n) is 2.09. The Bertz CT molecular complexity index is 797. The summed E-state index contributed by atoms with van der Waals surface area (Å²) in [7, 11) is 0. The number of aromatic hydroxyl groups is 1. The SMILES string of the molecule is O=C(Cc1ncccc1Br)c1c(O)sc2ccccc12. The number of ketones is 1. The minimum absolute atomic E-state index is 0.0725. The van der Waals surface area contributed by atoms with Crippen molar-refractivity contribution in [2.75, 3.05) is 0 Å². The van der Waals surface area contributed by atoms with Crippen molar-refractivity contribution in [3.8, 4) is 5.06 Å². The molecule has 3 aromatic rings. The number of rotatable bonds is 3. The molecule has 20 heavy (non-hydrogen) atoms.